The predicted octanol–water partition coefficient (Wildman–Crippen LogP) is 1.51. The van der Waals surface area contributed by atoms with Gasteiger partial charge in [0.25, 0.3) is 0 Å². The molecule has 3 aliphatic rings. The maximum absolute atomic E-state index is 13.9. The summed E-state index contributed by atoms with van der Waals surface area (Å²) in [6.45, 7) is 10.4. The Bertz CT molecular complexity index is 712. The summed E-state index contributed by atoms with van der Waals surface area (Å²) in [4.78, 5) is 43.5. The first-order valence-corrected chi connectivity index (χ1v) is 11.5. The smallest absolute Gasteiger partial charge is 0.312 e. The number of rotatable bonds is 11. The normalized spacial score (nSPS) is 32.1. The Labute approximate surface area is 184 Å². The Balaban J connectivity index is 2.00. The van der Waals surface area contributed by atoms with E-state index in [0.717, 1.165) is 12.8 Å². The van der Waals surface area contributed by atoms with E-state index in [0.29, 0.717) is 25.8 Å². The third kappa shape index (κ3) is 3.89. The lowest BCUT2D eigenvalue weighted by atomic mass is 9.70. The maximum Gasteiger partial charge on any atom is 0.312 e. The molecule has 1 N–H and O–H groups in total. The van der Waals surface area contributed by atoms with Crippen LogP contribution in [0.2, 0.25) is 0 Å². The van der Waals surface area contributed by atoms with Gasteiger partial charge in [-0.1, -0.05) is 19.4 Å². The number of fused-ring (bicyclic) bond motifs is 1. The summed E-state index contributed by atoms with van der Waals surface area (Å²) >= 11 is 0. The molecule has 2 amide bonds. The molecule has 1 unspecified atom stereocenters. The van der Waals surface area contributed by atoms with Crippen LogP contribution >= 0.6 is 0 Å². The van der Waals surface area contributed by atoms with E-state index in [-0.39, 0.29) is 37.6 Å². The Morgan fingerprint density at radius 2 is 2.19 bits per heavy atom. The zero-order valence-corrected chi connectivity index (χ0v) is 18.9. The lowest BCUT2D eigenvalue weighted by molar-refractivity contribution is -0.155. The van der Waals surface area contributed by atoms with Gasteiger partial charge in [0.05, 0.1) is 24.5 Å². The molecule has 3 fully saturated rings. The largest absolute Gasteiger partial charge is 0.466 e. The molecule has 0 radical (unpaired) electrons. The van der Waals surface area contributed by atoms with Crippen molar-refractivity contribution >= 4 is 17.8 Å². The summed E-state index contributed by atoms with van der Waals surface area (Å²) in [7, 11) is 0. The third-order valence-electron chi connectivity index (χ3n) is 7.00. The number of esters is 1. The Kier molecular flexibility index (Phi) is 7.42. The van der Waals surface area contributed by atoms with E-state index in [1.165, 1.54) is 0 Å². The fourth-order valence-corrected chi connectivity index (χ4v) is 5.78. The highest BCUT2D eigenvalue weighted by Gasteiger charge is 2.75. The minimum absolute atomic E-state index is 0.0137. The second kappa shape index (κ2) is 9.69. The standard InChI is InChI=1S/C23H36N2O6/c1-5-9-15(4)24(12-6-2)21(28)19-23-11-10-16(31-23)17(22(29)30-7-3)18(23)20(27)25(19)13-8-14-26/h6,15-19,26H,2,5,7-14H2,1,3-4H3/t15?,16-,17+,18+,19-,23+/m0/s1. The van der Waals surface area contributed by atoms with E-state index in [2.05, 4.69) is 13.5 Å². The van der Waals surface area contributed by atoms with Crippen LogP contribution in [0.25, 0.3) is 0 Å². The summed E-state index contributed by atoms with van der Waals surface area (Å²) in [5, 5.41) is 9.38. The number of hydrogen-bond acceptors (Lipinski definition) is 6. The van der Waals surface area contributed by atoms with Gasteiger partial charge in [0.2, 0.25) is 11.8 Å². The first-order chi connectivity index (χ1) is 14.9. The molecule has 31 heavy (non-hydrogen) atoms. The zero-order chi connectivity index (χ0) is 22.8. The van der Waals surface area contributed by atoms with E-state index in [4.69, 9.17) is 9.47 Å². The molecule has 3 heterocycles. The van der Waals surface area contributed by atoms with Crippen molar-refractivity contribution in [2.75, 3.05) is 26.3 Å². The second-order valence-electron chi connectivity index (χ2n) is 8.83. The fraction of sp³-hybridized carbons (Fsp3) is 0.783. The van der Waals surface area contributed by atoms with Gasteiger partial charge in [0, 0.05) is 25.7 Å². The van der Waals surface area contributed by atoms with Gasteiger partial charge in [0.1, 0.15) is 11.6 Å². The molecule has 8 nitrogen and oxygen atoms in total. The molecule has 0 aromatic heterocycles. The number of carbonyl (C=O) groups is 3. The van der Waals surface area contributed by atoms with Crippen LogP contribution in [0.5, 0.6) is 0 Å². The van der Waals surface area contributed by atoms with Crippen molar-refractivity contribution in [1.82, 2.24) is 9.80 Å². The van der Waals surface area contributed by atoms with Crippen LogP contribution in [0.4, 0.5) is 0 Å². The Morgan fingerprint density at radius 1 is 1.45 bits per heavy atom. The maximum atomic E-state index is 13.9. The van der Waals surface area contributed by atoms with Gasteiger partial charge in [-0.25, -0.2) is 0 Å². The molecule has 0 saturated carbocycles. The number of aliphatic hydroxyl groups is 1. The summed E-state index contributed by atoms with van der Waals surface area (Å²) in [5.41, 5.74) is -1.02. The first-order valence-electron chi connectivity index (χ1n) is 11.5. The summed E-state index contributed by atoms with van der Waals surface area (Å²) in [5.74, 6) is -2.24. The minimum atomic E-state index is -1.02. The highest BCUT2D eigenvalue weighted by atomic mass is 16.6. The number of likely N-dealkylation sites (tertiary alicyclic amines) is 1. The molecule has 0 aromatic carbocycles. The molecule has 1 spiro atoms. The van der Waals surface area contributed by atoms with Crippen LogP contribution in [0.3, 0.4) is 0 Å². The minimum Gasteiger partial charge on any atom is -0.466 e. The summed E-state index contributed by atoms with van der Waals surface area (Å²) in [6, 6.07) is -0.819. The number of nitrogens with zero attached hydrogens (tertiary/aromatic N) is 2. The van der Waals surface area contributed by atoms with Gasteiger partial charge in [-0.05, 0) is 39.5 Å². The zero-order valence-electron chi connectivity index (χ0n) is 18.9. The van der Waals surface area contributed by atoms with Crippen molar-refractivity contribution in [2.24, 2.45) is 11.8 Å². The number of aliphatic hydroxyl groups excluding tert-OH is 1. The van der Waals surface area contributed by atoms with Crippen LogP contribution in [0, 0.1) is 11.8 Å². The molecular weight excluding hydrogens is 400 g/mol. The van der Waals surface area contributed by atoms with Crippen molar-refractivity contribution < 1.29 is 29.0 Å². The fourth-order valence-electron chi connectivity index (χ4n) is 5.78. The molecule has 174 valence electrons. The van der Waals surface area contributed by atoms with Crippen LogP contribution in [-0.4, -0.2) is 82.8 Å². The van der Waals surface area contributed by atoms with E-state index in [9.17, 15) is 19.5 Å². The van der Waals surface area contributed by atoms with Crippen molar-refractivity contribution in [3.05, 3.63) is 12.7 Å². The number of amides is 2. The van der Waals surface area contributed by atoms with Crippen LogP contribution in [0.1, 0.15) is 52.9 Å². The van der Waals surface area contributed by atoms with Gasteiger partial charge in [-0.2, -0.15) is 0 Å². The van der Waals surface area contributed by atoms with Crippen molar-refractivity contribution in [1.29, 1.82) is 0 Å². The molecule has 3 saturated heterocycles. The molecule has 0 aromatic rings. The van der Waals surface area contributed by atoms with Crippen LogP contribution < -0.4 is 0 Å². The third-order valence-corrected chi connectivity index (χ3v) is 7.00. The van der Waals surface area contributed by atoms with Crippen LogP contribution in [-0.2, 0) is 23.9 Å². The molecule has 3 aliphatic heterocycles. The van der Waals surface area contributed by atoms with Crippen molar-refractivity contribution in [3.8, 4) is 0 Å². The number of hydrogen-bond donors (Lipinski definition) is 1. The van der Waals surface area contributed by atoms with Gasteiger partial charge >= 0.3 is 5.97 Å². The highest BCUT2D eigenvalue weighted by molar-refractivity contribution is 5.98. The van der Waals surface area contributed by atoms with Gasteiger partial charge in [-0.15, -0.1) is 6.58 Å². The quantitative estimate of drug-likeness (QED) is 0.390. The monoisotopic (exact) mass is 436 g/mol. The van der Waals surface area contributed by atoms with Crippen molar-refractivity contribution in [2.45, 2.75) is 76.7 Å². The topological polar surface area (TPSA) is 96.4 Å². The van der Waals surface area contributed by atoms with Gasteiger partial charge < -0.3 is 24.4 Å². The lowest BCUT2D eigenvalue weighted by Gasteiger charge is -2.38. The average Bonchev–Trinajstić information content (AvgIpc) is 3.37. The average molecular weight is 437 g/mol. The van der Waals surface area contributed by atoms with Gasteiger partial charge in [-0.3, -0.25) is 14.4 Å². The van der Waals surface area contributed by atoms with E-state index < -0.39 is 35.6 Å². The second-order valence-corrected chi connectivity index (χ2v) is 8.83. The predicted molar refractivity (Wildman–Crippen MR) is 114 cm³/mol. The van der Waals surface area contributed by atoms with Crippen molar-refractivity contribution in [3.63, 3.8) is 0 Å². The van der Waals surface area contributed by atoms with E-state index >= 15 is 0 Å². The Hall–Kier alpha value is -1.93. The Morgan fingerprint density at radius 3 is 2.81 bits per heavy atom. The SMILES string of the molecule is C=CCN(C(=O)[C@@H]1N(CCCO)C(=O)[C@H]2[C@H](C(=O)OCC)[C@@H]3CC[C@]12O3)C(C)CCC. The van der Waals surface area contributed by atoms with E-state index in [1.54, 1.807) is 22.8 Å². The molecule has 8 heteroatoms. The molecule has 6 atom stereocenters. The number of ether oxygens (including phenoxy) is 2. The summed E-state index contributed by atoms with van der Waals surface area (Å²) in [6.07, 6.45) is 4.60. The van der Waals surface area contributed by atoms with Gasteiger partial charge in [0.15, 0.2) is 0 Å². The lowest BCUT2D eigenvalue weighted by Crippen LogP contribution is -2.58. The molecular formula is C23H36N2O6. The molecule has 0 aliphatic carbocycles. The highest BCUT2D eigenvalue weighted by Crippen LogP contribution is 2.58. The number of carbonyl (C=O) groups excluding carboxylic acids is 3. The van der Waals surface area contributed by atoms with E-state index in [1.807, 2.05) is 6.92 Å². The summed E-state index contributed by atoms with van der Waals surface area (Å²) < 4.78 is 11.6. The molecule has 2 bridgehead atoms. The molecule has 3 rings (SSSR count). The first kappa shape index (κ1) is 23.7. The van der Waals surface area contributed by atoms with Crippen LogP contribution in [0.15, 0.2) is 12.7 Å².